The van der Waals surface area contributed by atoms with Crippen molar-refractivity contribution in [3.63, 3.8) is 0 Å². The van der Waals surface area contributed by atoms with Crippen LogP contribution in [-0.2, 0) is 11.2 Å². The van der Waals surface area contributed by atoms with Crippen molar-refractivity contribution in [1.82, 2.24) is 14.8 Å². The van der Waals surface area contributed by atoms with Crippen LogP contribution in [0.3, 0.4) is 0 Å². The number of carbonyl (C=O) groups is 1. The van der Waals surface area contributed by atoms with E-state index in [1.165, 1.54) is 0 Å². The minimum absolute atomic E-state index is 0.301. The first-order chi connectivity index (χ1) is 7.65. The summed E-state index contributed by atoms with van der Waals surface area (Å²) in [5.41, 5.74) is 0. The molecule has 0 amide bonds. The summed E-state index contributed by atoms with van der Waals surface area (Å²) in [4.78, 5) is 15.7. The second-order valence-electron chi connectivity index (χ2n) is 4.05. The molecule has 0 aliphatic rings. The van der Waals surface area contributed by atoms with Crippen LogP contribution in [0.5, 0.6) is 0 Å². The van der Waals surface area contributed by atoms with E-state index in [4.69, 9.17) is 0 Å². The predicted octanol–water partition coefficient (Wildman–Crippen LogP) is 2.54. The zero-order chi connectivity index (χ0) is 12.0. The van der Waals surface area contributed by atoms with Crippen molar-refractivity contribution in [2.75, 3.05) is 5.33 Å². The van der Waals surface area contributed by atoms with Crippen molar-refractivity contribution >= 4 is 21.7 Å². The average Bonchev–Trinajstić information content (AvgIpc) is 2.71. The zero-order valence-corrected chi connectivity index (χ0v) is 11.4. The highest BCUT2D eigenvalue weighted by atomic mass is 79.9. The van der Waals surface area contributed by atoms with Crippen molar-refractivity contribution in [2.45, 2.75) is 45.6 Å². The van der Waals surface area contributed by atoms with Crippen molar-refractivity contribution in [3.05, 3.63) is 12.2 Å². The Hall–Kier alpha value is -0.710. The Bertz CT molecular complexity index is 336. The third-order valence-electron chi connectivity index (χ3n) is 2.35. The Morgan fingerprint density at radius 2 is 2.25 bits per heavy atom. The van der Waals surface area contributed by atoms with Crippen molar-refractivity contribution in [1.29, 1.82) is 0 Å². The summed E-state index contributed by atoms with van der Waals surface area (Å²) in [6, 6.07) is 0.301. The molecule has 1 heterocycles. The second kappa shape index (κ2) is 6.78. The summed E-state index contributed by atoms with van der Waals surface area (Å²) in [6.07, 6.45) is 4.38. The molecule has 1 aromatic rings. The number of hydrogen-bond donors (Lipinski definition) is 0. The fourth-order valence-electron chi connectivity index (χ4n) is 1.52. The molecule has 0 aromatic carbocycles. The van der Waals surface area contributed by atoms with Crippen LogP contribution in [0.15, 0.2) is 6.33 Å². The first-order valence-corrected chi connectivity index (χ1v) is 6.73. The van der Waals surface area contributed by atoms with Crippen LogP contribution in [0.1, 0.15) is 45.0 Å². The lowest BCUT2D eigenvalue weighted by Gasteiger charge is -2.08. The van der Waals surface area contributed by atoms with Gasteiger partial charge in [-0.3, -0.25) is 4.79 Å². The van der Waals surface area contributed by atoms with Gasteiger partial charge in [0, 0.05) is 30.6 Å². The Labute approximate surface area is 105 Å². The first-order valence-electron chi connectivity index (χ1n) is 5.61. The summed E-state index contributed by atoms with van der Waals surface area (Å²) < 4.78 is 1.87. The Balaban J connectivity index is 2.42. The molecular weight excluding hydrogens is 270 g/mol. The molecule has 1 rings (SSSR count). The van der Waals surface area contributed by atoms with E-state index in [1.54, 1.807) is 6.33 Å². The number of hydrogen-bond acceptors (Lipinski definition) is 3. The minimum Gasteiger partial charge on any atom is -0.300 e. The van der Waals surface area contributed by atoms with Crippen LogP contribution in [-0.4, -0.2) is 25.9 Å². The monoisotopic (exact) mass is 287 g/mol. The summed E-state index contributed by atoms with van der Waals surface area (Å²) in [6.45, 7) is 4.12. The van der Waals surface area contributed by atoms with E-state index in [0.717, 1.165) is 17.6 Å². The number of alkyl halides is 1. The molecule has 0 fully saturated rings. The number of nitrogens with zero attached hydrogens (tertiary/aromatic N) is 3. The highest BCUT2D eigenvalue weighted by molar-refractivity contribution is 9.09. The summed E-state index contributed by atoms with van der Waals surface area (Å²) in [5, 5.41) is 5.03. The summed E-state index contributed by atoms with van der Waals surface area (Å²) >= 11 is 3.32. The van der Waals surface area contributed by atoms with Crippen LogP contribution < -0.4 is 0 Å². The first kappa shape index (κ1) is 13.4. The molecule has 5 heteroatoms. The van der Waals surface area contributed by atoms with E-state index in [1.807, 2.05) is 4.68 Å². The van der Waals surface area contributed by atoms with E-state index >= 15 is 0 Å². The Morgan fingerprint density at radius 1 is 1.50 bits per heavy atom. The quantitative estimate of drug-likeness (QED) is 0.724. The smallest absolute Gasteiger partial charge is 0.138 e. The van der Waals surface area contributed by atoms with Gasteiger partial charge in [0.1, 0.15) is 17.9 Å². The second-order valence-corrected chi connectivity index (χ2v) is 4.84. The van der Waals surface area contributed by atoms with E-state index < -0.39 is 0 Å². The third-order valence-corrected chi connectivity index (χ3v) is 2.91. The minimum atomic E-state index is 0.301. The lowest BCUT2D eigenvalue weighted by Crippen LogP contribution is -2.10. The molecule has 0 saturated carbocycles. The molecular formula is C11H18BrN3O. The molecule has 0 radical (unpaired) electrons. The third kappa shape index (κ3) is 4.04. The normalized spacial score (nSPS) is 11.0. The van der Waals surface area contributed by atoms with E-state index in [0.29, 0.717) is 31.1 Å². The van der Waals surface area contributed by atoms with Gasteiger partial charge in [-0.1, -0.05) is 15.9 Å². The molecule has 0 saturated heterocycles. The maximum atomic E-state index is 11.5. The van der Waals surface area contributed by atoms with Crippen LogP contribution >= 0.6 is 15.9 Å². The standard InChI is InChI=1S/C11H18BrN3O/c1-9(2)15-11(13-8-14-15)6-5-10(16)4-3-7-12/h8-9H,3-7H2,1-2H3. The van der Waals surface area contributed by atoms with Gasteiger partial charge in [-0.25, -0.2) is 9.67 Å². The number of carbonyl (C=O) groups excluding carboxylic acids is 1. The molecule has 0 spiro atoms. The molecule has 16 heavy (non-hydrogen) atoms. The number of halogens is 1. The fourth-order valence-corrected chi connectivity index (χ4v) is 1.80. The van der Waals surface area contributed by atoms with Gasteiger partial charge in [0.25, 0.3) is 0 Å². The fraction of sp³-hybridized carbons (Fsp3) is 0.727. The summed E-state index contributed by atoms with van der Waals surface area (Å²) in [5.74, 6) is 1.21. The molecule has 1 aromatic heterocycles. The number of aromatic nitrogens is 3. The number of rotatable bonds is 7. The highest BCUT2D eigenvalue weighted by Gasteiger charge is 2.09. The molecule has 0 unspecified atom stereocenters. The lowest BCUT2D eigenvalue weighted by molar-refractivity contribution is -0.119. The van der Waals surface area contributed by atoms with Gasteiger partial charge in [-0.05, 0) is 20.3 Å². The maximum absolute atomic E-state index is 11.5. The van der Waals surface area contributed by atoms with E-state index in [-0.39, 0.29) is 0 Å². The molecule has 4 nitrogen and oxygen atoms in total. The van der Waals surface area contributed by atoms with Crippen molar-refractivity contribution in [3.8, 4) is 0 Å². The van der Waals surface area contributed by atoms with Gasteiger partial charge >= 0.3 is 0 Å². The topological polar surface area (TPSA) is 47.8 Å². The van der Waals surface area contributed by atoms with Crippen LogP contribution in [0.25, 0.3) is 0 Å². The van der Waals surface area contributed by atoms with Crippen molar-refractivity contribution in [2.24, 2.45) is 0 Å². The largest absolute Gasteiger partial charge is 0.300 e. The molecule has 0 atom stereocenters. The number of aryl methyl sites for hydroxylation is 1. The van der Waals surface area contributed by atoms with Gasteiger partial charge in [0.05, 0.1) is 0 Å². The van der Waals surface area contributed by atoms with Crippen LogP contribution in [0.4, 0.5) is 0 Å². The number of ketones is 1. The molecule has 0 N–H and O–H groups in total. The predicted molar refractivity (Wildman–Crippen MR) is 66.8 cm³/mol. The summed E-state index contributed by atoms with van der Waals surface area (Å²) in [7, 11) is 0. The van der Waals surface area contributed by atoms with Gasteiger partial charge in [-0.15, -0.1) is 0 Å². The zero-order valence-electron chi connectivity index (χ0n) is 9.82. The van der Waals surface area contributed by atoms with Crippen molar-refractivity contribution < 1.29 is 4.79 Å². The van der Waals surface area contributed by atoms with E-state index in [9.17, 15) is 4.79 Å². The van der Waals surface area contributed by atoms with Gasteiger partial charge in [-0.2, -0.15) is 5.10 Å². The van der Waals surface area contributed by atoms with Crippen LogP contribution in [0.2, 0.25) is 0 Å². The Kier molecular flexibility index (Phi) is 5.66. The molecule has 0 aliphatic carbocycles. The molecule has 0 aliphatic heterocycles. The maximum Gasteiger partial charge on any atom is 0.138 e. The highest BCUT2D eigenvalue weighted by Crippen LogP contribution is 2.08. The number of Topliss-reactive ketones (excluding diaryl/α,β-unsaturated/α-hetero) is 1. The van der Waals surface area contributed by atoms with Gasteiger partial charge < -0.3 is 0 Å². The van der Waals surface area contributed by atoms with Crippen LogP contribution in [0, 0.1) is 0 Å². The lowest BCUT2D eigenvalue weighted by atomic mass is 10.1. The Morgan fingerprint density at radius 3 is 2.88 bits per heavy atom. The SMILES string of the molecule is CC(C)n1ncnc1CCC(=O)CCCBr. The van der Waals surface area contributed by atoms with E-state index in [2.05, 4.69) is 39.9 Å². The van der Waals surface area contributed by atoms with Gasteiger partial charge in [0.2, 0.25) is 0 Å². The van der Waals surface area contributed by atoms with Gasteiger partial charge in [0.15, 0.2) is 0 Å². The average molecular weight is 288 g/mol. The molecule has 90 valence electrons. The molecule has 0 bridgehead atoms.